The van der Waals surface area contributed by atoms with Crippen LogP contribution in [-0.2, 0) is 10.3 Å². The Morgan fingerprint density at radius 1 is 1.30 bits per heavy atom. The van der Waals surface area contributed by atoms with E-state index in [1.807, 2.05) is 13.8 Å². The molecular weight excluding hydrogens is 296 g/mol. The molecule has 122 valence electrons. The van der Waals surface area contributed by atoms with E-state index in [4.69, 9.17) is 4.52 Å². The van der Waals surface area contributed by atoms with Gasteiger partial charge in [0.05, 0.1) is 5.69 Å². The molecule has 6 nitrogen and oxygen atoms in total. The topological polar surface area (TPSA) is 92.4 Å². The lowest BCUT2D eigenvalue weighted by Gasteiger charge is -2.29. The maximum absolute atomic E-state index is 12.4. The van der Waals surface area contributed by atoms with Gasteiger partial charge in [0.25, 0.3) is 5.91 Å². The third kappa shape index (κ3) is 3.26. The van der Waals surface area contributed by atoms with Gasteiger partial charge in [-0.15, -0.1) is 0 Å². The lowest BCUT2D eigenvalue weighted by molar-refractivity contribution is -0.145. The monoisotopic (exact) mass is 316 g/mol. The molecule has 0 radical (unpaired) electrons. The molecule has 1 aromatic heterocycles. The Morgan fingerprint density at radius 2 is 1.96 bits per heavy atom. The second kappa shape index (κ2) is 6.64. The van der Waals surface area contributed by atoms with Crippen molar-refractivity contribution >= 4 is 11.9 Å². The zero-order valence-corrected chi connectivity index (χ0v) is 13.4. The number of nitrogens with zero attached hydrogens (tertiary/aromatic N) is 1. The number of aromatic nitrogens is 1. The lowest BCUT2D eigenvalue weighted by Crippen LogP contribution is -2.51. The summed E-state index contributed by atoms with van der Waals surface area (Å²) in [5, 5.41) is 16.1. The highest BCUT2D eigenvalue weighted by molar-refractivity contribution is 5.96. The first-order valence-corrected chi connectivity index (χ1v) is 7.48. The summed E-state index contributed by atoms with van der Waals surface area (Å²) < 4.78 is 5.04. The van der Waals surface area contributed by atoms with Gasteiger partial charge in [0, 0.05) is 6.07 Å². The summed E-state index contributed by atoms with van der Waals surface area (Å²) in [7, 11) is 0. The number of carbonyl (C=O) groups excluding carboxylic acids is 1. The normalized spacial score (nSPS) is 13.6. The number of hydrogen-bond donors (Lipinski definition) is 2. The van der Waals surface area contributed by atoms with Gasteiger partial charge in [-0.1, -0.05) is 56.3 Å². The molecule has 2 rings (SSSR count). The number of nitrogens with one attached hydrogen (secondary N) is 1. The minimum absolute atomic E-state index is 0.00343. The van der Waals surface area contributed by atoms with E-state index in [0.717, 1.165) is 0 Å². The van der Waals surface area contributed by atoms with E-state index in [1.165, 1.54) is 6.07 Å². The smallest absolute Gasteiger partial charge is 0.334 e. The SMILES string of the molecule is CCC(NC(=O)c1cc(C(C)C)no1)(C(=O)O)c1ccccc1. The Balaban J connectivity index is 2.34. The molecule has 0 bridgehead atoms. The van der Waals surface area contributed by atoms with Gasteiger partial charge in [-0.05, 0) is 17.9 Å². The minimum Gasteiger partial charge on any atom is -0.479 e. The van der Waals surface area contributed by atoms with Crippen molar-refractivity contribution in [2.24, 2.45) is 0 Å². The highest BCUT2D eigenvalue weighted by atomic mass is 16.5. The van der Waals surface area contributed by atoms with Crippen LogP contribution in [0.5, 0.6) is 0 Å². The molecule has 0 aliphatic heterocycles. The Morgan fingerprint density at radius 3 is 2.43 bits per heavy atom. The molecule has 23 heavy (non-hydrogen) atoms. The van der Waals surface area contributed by atoms with Crippen LogP contribution in [0.15, 0.2) is 40.9 Å². The highest BCUT2D eigenvalue weighted by Crippen LogP contribution is 2.26. The summed E-state index contributed by atoms with van der Waals surface area (Å²) in [5.74, 6) is -1.60. The molecule has 0 spiro atoms. The Kier molecular flexibility index (Phi) is 4.83. The summed E-state index contributed by atoms with van der Waals surface area (Å²) in [6.45, 7) is 5.57. The van der Waals surface area contributed by atoms with Gasteiger partial charge in [0.15, 0.2) is 5.54 Å². The number of carboxylic acids is 1. The molecule has 0 saturated heterocycles. The molecule has 1 heterocycles. The fraction of sp³-hybridized carbons (Fsp3) is 0.353. The van der Waals surface area contributed by atoms with E-state index in [9.17, 15) is 14.7 Å². The summed E-state index contributed by atoms with van der Waals surface area (Å²) in [6, 6.07) is 10.2. The summed E-state index contributed by atoms with van der Waals surface area (Å²) in [5.41, 5.74) is -0.359. The standard InChI is InChI=1S/C17H20N2O4/c1-4-17(16(21)22,12-8-6-5-7-9-12)18-15(20)14-10-13(11(2)3)19-23-14/h5-11H,4H2,1-3H3,(H,18,20)(H,21,22). The first kappa shape index (κ1) is 16.7. The molecule has 1 amide bonds. The van der Waals surface area contributed by atoms with Crippen LogP contribution >= 0.6 is 0 Å². The number of carbonyl (C=O) groups is 2. The van der Waals surface area contributed by atoms with Crippen molar-refractivity contribution in [3.05, 3.63) is 53.4 Å². The van der Waals surface area contributed by atoms with E-state index in [0.29, 0.717) is 11.3 Å². The quantitative estimate of drug-likeness (QED) is 0.855. The second-order valence-corrected chi connectivity index (χ2v) is 5.65. The van der Waals surface area contributed by atoms with Crippen molar-refractivity contribution in [2.45, 2.75) is 38.6 Å². The van der Waals surface area contributed by atoms with Gasteiger partial charge < -0.3 is 14.9 Å². The third-order valence-electron chi connectivity index (χ3n) is 3.83. The summed E-state index contributed by atoms with van der Waals surface area (Å²) in [4.78, 5) is 24.3. The average Bonchev–Trinajstić information content (AvgIpc) is 3.03. The number of benzene rings is 1. The molecule has 0 aliphatic carbocycles. The van der Waals surface area contributed by atoms with Crippen LogP contribution in [-0.4, -0.2) is 22.1 Å². The average molecular weight is 316 g/mol. The predicted octanol–water partition coefficient (Wildman–Crippen LogP) is 2.92. The van der Waals surface area contributed by atoms with Crippen molar-refractivity contribution < 1.29 is 19.2 Å². The largest absolute Gasteiger partial charge is 0.479 e. The van der Waals surface area contributed by atoms with E-state index < -0.39 is 17.4 Å². The number of aliphatic carboxylic acids is 1. The van der Waals surface area contributed by atoms with Crippen LogP contribution in [0.4, 0.5) is 0 Å². The number of rotatable bonds is 6. The van der Waals surface area contributed by atoms with Crippen molar-refractivity contribution in [1.82, 2.24) is 10.5 Å². The van der Waals surface area contributed by atoms with Gasteiger partial charge in [-0.25, -0.2) is 4.79 Å². The Bertz CT molecular complexity index is 694. The zero-order chi connectivity index (χ0) is 17.0. The van der Waals surface area contributed by atoms with Crippen molar-refractivity contribution in [2.75, 3.05) is 0 Å². The molecule has 1 unspecified atom stereocenters. The van der Waals surface area contributed by atoms with Crippen molar-refractivity contribution in [1.29, 1.82) is 0 Å². The van der Waals surface area contributed by atoms with Crippen molar-refractivity contribution in [3.63, 3.8) is 0 Å². The number of carboxylic acid groups (broad SMARTS) is 1. The van der Waals surface area contributed by atoms with E-state index in [2.05, 4.69) is 10.5 Å². The molecule has 0 aliphatic rings. The third-order valence-corrected chi connectivity index (χ3v) is 3.83. The molecule has 1 atom stereocenters. The van der Waals surface area contributed by atoms with Crippen LogP contribution in [0, 0.1) is 0 Å². The fourth-order valence-corrected chi connectivity index (χ4v) is 2.34. The van der Waals surface area contributed by atoms with Crippen molar-refractivity contribution in [3.8, 4) is 0 Å². The molecule has 0 saturated carbocycles. The molecule has 2 N–H and O–H groups in total. The van der Waals surface area contributed by atoms with Crippen LogP contribution in [0.25, 0.3) is 0 Å². The zero-order valence-electron chi connectivity index (χ0n) is 13.4. The number of amides is 1. The van der Waals surface area contributed by atoms with E-state index in [-0.39, 0.29) is 18.1 Å². The van der Waals surface area contributed by atoms with Gasteiger partial charge >= 0.3 is 5.97 Å². The van der Waals surface area contributed by atoms with E-state index >= 15 is 0 Å². The lowest BCUT2D eigenvalue weighted by atomic mass is 9.87. The van der Waals surface area contributed by atoms with Crippen LogP contribution in [0.1, 0.15) is 54.9 Å². The summed E-state index contributed by atoms with van der Waals surface area (Å²) >= 11 is 0. The van der Waals surface area contributed by atoms with E-state index in [1.54, 1.807) is 37.3 Å². The number of hydrogen-bond acceptors (Lipinski definition) is 4. The van der Waals surface area contributed by atoms with Crippen LogP contribution < -0.4 is 5.32 Å². The molecule has 0 fully saturated rings. The van der Waals surface area contributed by atoms with Gasteiger partial charge in [0.1, 0.15) is 0 Å². The Hall–Kier alpha value is -2.63. The highest BCUT2D eigenvalue weighted by Gasteiger charge is 2.41. The first-order chi connectivity index (χ1) is 10.9. The molecule has 1 aromatic carbocycles. The maximum atomic E-state index is 12.4. The molecule has 2 aromatic rings. The van der Waals surface area contributed by atoms with Crippen LogP contribution in [0.3, 0.4) is 0 Å². The minimum atomic E-state index is -1.51. The summed E-state index contributed by atoms with van der Waals surface area (Å²) in [6.07, 6.45) is 0.198. The maximum Gasteiger partial charge on any atom is 0.334 e. The fourth-order valence-electron chi connectivity index (χ4n) is 2.34. The first-order valence-electron chi connectivity index (χ1n) is 7.48. The Labute approximate surface area is 134 Å². The second-order valence-electron chi connectivity index (χ2n) is 5.65. The predicted molar refractivity (Wildman–Crippen MR) is 84.1 cm³/mol. The molecular formula is C17H20N2O4. The van der Waals surface area contributed by atoms with Gasteiger partial charge in [-0.3, -0.25) is 4.79 Å². The molecule has 6 heteroatoms. The van der Waals surface area contributed by atoms with Gasteiger partial charge in [0.2, 0.25) is 5.76 Å². The van der Waals surface area contributed by atoms with Gasteiger partial charge in [-0.2, -0.15) is 0 Å². The van der Waals surface area contributed by atoms with Crippen LogP contribution in [0.2, 0.25) is 0 Å².